The van der Waals surface area contributed by atoms with Crippen LogP contribution in [-0.4, -0.2) is 37.3 Å². The van der Waals surface area contributed by atoms with Crippen LogP contribution in [0.5, 0.6) is 0 Å². The van der Waals surface area contributed by atoms with Crippen LogP contribution in [-0.2, 0) is 11.6 Å². The highest BCUT2D eigenvalue weighted by Crippen LogP contribution is 2.45. The van der Waals surface area contributed by atoms with Crippen molar-refractivity contribution in [2.24, 2.45) is 4.99 Å². The van der Waals surface area contributed by atoms with Crippen LogP contribution in [0.4, 0.5) is 13.2 Å². The monoisotopic (exact) mass is 471 g/mol. The minimum Gasteiger partial charge on any atom is -0.395 e. The second-order valence-electron chi connectivity index (χ2n) is 6.06. The highest BCUT2D eigenvalue weighted by atomic mass is 127. The number of hydrogen-bond donors (Lipinski definition) is 3. The molecule has 1 fully saturated rings. The van der Waals surface area contributed by atoms with E-state index in [4.69, 9.17) is 5.11 Å². The minimum atomic E-state index is -4.33. The van der Waals surface area contributed by atoms with Gasteiger partial charge in [-0.1, -0.05) is 24.6 Å². The van der Waals surface area contributed by atoms with E-state index in [2.05, 4.69) is 15.6 Å². The zero-order valence-electron chi connectivity index (χ0n) is 14.2. The zero-order valence-corrected chi connectivity index (χ0v) is 16.5. The first-order chi connectivity index (χ1) is 11.4. The van der Waals surface area contributed by atoms with Crippen LogP contribution in [0, 0.1) is 0 Å². The van der Waals surface area contributed by atoms with Crippen molar-refractivity contribution < 1.29 is 18.3 Å². The summed E-state index contributed by atoms with van der Waals surface area (Å²) >= 11 is 0. The fourth-order valence-electron chi connectivity index (χ4n) is 2.91. The Balaban J connectivity index is 0.00000312. The number of rotatable bonds is 6. The lowest BCUT2D eigenvalue weighted by Crippen LogP contribution is -2.42. The van der Waals surface area contributed by atoms with Crippen molar-refractivity contribution in [3.63, 3.8) is 0 Å². The van der Waals surface area contributed by atoms with E-state index in [9.17, 15) is 13.2 Å². The number of guanidine groups is 1. The Morgan fingerprint density at radius 2 is 2.00 bits per heavy atom. The molecule has 0 bridgehead atoms. The van der Waals surface area contributed by atoms with Gasteiger partial charge in [0.2, 0.25) is 0 Å². The molecule has 1 aliphatic carbocycles. The van der Waals surface area contributed by atoms with Crippen LogP contribution >= 0.6 is 24.0 Å². The molecule has 0 unspecified atom stereocenters. The van der Waals surface area contributed by atoms with Crippen molar-refractivity contribution in [3.8, 4) is 0 Å². The number of nitrogens with zero attached hydrogens (tertiary/aromatic N) is 1. The molecule has 2 rings (SSSR count). The molecule has 0 heterocycles. The Morgan fingerprint density at radius 1 is 1.28 bits per heavy atom. The van der Waals surface area contributed by atoms with Gasteiger partial charge in [0.1, 0.15) is 0 Å². The fraction of sp³-hybridized carbons (Fsp3) is 0.588. The van der Waals surface area contributed by atoms with Crippen molar-refractivity contribution in [1.29, 1.82) is 0 Å². The molecule has 25 heavy (non-hydrogen) atoms. The Labute approximate surface area is 163 Å². The SMILES string of the molecule is CCNC(=NCC1(c2cccc(C(F)(F)F)c2)CCC1)NCCO.I. The maximum Gasteiger partial charge on any atom is 0.416 e. The molecule has 4 nitrogen and oxygen atoms in total. The van der Waals surface area contributed by atoms with Crippen LogP contribution < -0.4 is 10.6 Å². The number of hydrogen-bond acceptors (Lipinski definition) is 2. The molecule has 1 aliphatic rings. The van der Waals surface area contributed by atoms with E-state index < -0.39 is 11.7 Å². The summed E-state index contributed by atoms with van der Waals surface area (Å²) in [6.07, 6.45) is -1.68. The molecule has 1 aromatic rings. The molecule has 1 saturated carbocycles. The lowest BCUT2D eigenvalue weighted by molar-refractivity contribution is -0.137. The summed E-state index contributed by atoms with van der Waals surface area (Å²) in [4.78, 5) is 4.52. The summed E-state index contributed by atoms with van der Waals surface area (Å²) in [5.74, 6) is 0.574. The molecule has 0 amide bonds. The summed E-state index contributed by atoms with van der Waals surface area (Å²) in [7, 11) is 0. The minimum absolute atomic E-state index is 0. The molecular formula is C17H25F3IN3O. The molecule has 0 aromatic heterocycles. The maximum atomic E-state index is 13.0. The first-order valence-electron chi connectivity index (χ1n) is 8.22. The molecule has 0 spiro atoms. The first-order valence-corrected chi connectivity index (χ1v) is 8.22. The molecule has 1 aromatic carbocycles. The standard InChI is InChI=1S/C17H24F3N3O.HI/c1-2-21-15(22-9-10-24)23-12-16(7-4-8-16)13-5-3-6-14(11-13)17(18,19)20;/h3,5-6,11,24H,2,4,7-10,12H2,1H3,(H2,21,22,23);1H. The lowest BCUT2D eigenvalue weighted by atomic mass is 9.64. The average Bonchev–Trinajstić information content (AvgIpc) is 2.51. The third-order valence-electron chi connectivity index (χ3n) is 4.40. The van der Waals surface area contributed by atoms with Gasteiger partial charge in [0.15, 0.2) is 5.96 Å². The van der Waals surface area contributed by atoms with Crippen LogP contribution in [0.15, 0.2) is 29.3 Å². The van der Waals surface area contributed by atoms with Gasteiger partial charge in [0, 0.05) is 18.5 Å². The van der Waals surface area contributed by atoms with Gasteiger partial charge in [0.05, 0.1) is 18.7 Å². The van der Waals surface area contributed by atoms with Crippen molar-refractivity contribution in [3.05, 3.63) is 35.4 Å². The van der Waals surface area contributed by atoms with Crippen molar-refractivity contribution in [2.45, 2.75) is 37.8 Å². The van der Waals surface area contributed by atoms with Crippen molar-refractivity contribution >= 4 is 29.9 Å². The molecule has 0 saturated heterocycles. The zero-order chi connectivity index (χ0) is 17.6. The van der Waals surface area contributed by atoms with E-state index in [0.29, 0.717) is 31.2 Å². The third kappa shape index (κ3) is 5.73. The molecule has 142 valence electrons. The molecule has 8 heteroatoms. The van der Waals surface area contributed by atoms with Gasteiger partial charge >= 0.3 is 6.18 Å². The number of alkyl halides is 3. The molecule has 0 aliphatic heterocycles. The number of nitrogens with one attached hydrogen (secondary N) is 2. The summed E-state index contributed by atoms with van der Waals surface area (Å²) in [5, 5.41) is 15.0. The van der Waals surface area contributed by atoms with Gasteiger partial charge in [-0.05, 0) is 31.4 Å². The van der Waals surface area contributed by atoms with Crippen molar-refractivity contribution in [1.82, 2.24) is 10.6 Å². The van der Waals surface area contributed by atoms with Gasteiger partial charge in [-0.2, -0.15) is 13.2 Å². The Kier molecular flexibility index (Phi) is 8.46. The van der Waals surface area contributed by atoms with E-state index in [1.807, 2.05) is 6.92 Å². The van der Waals surface area contributed by atoms with Gasteiger partial charge in [-0.3, -0.25) is 4.99 Å². The highest BCUT2D eigenvalue weighted by molar-refractivity contribution is 14.0. The predicted octanol–water partition coefficient (Wildman–Crippen LogP) is 3.29. The number of halogens is 4. The summed E-state index contributed by atoms with van der Waals surface area (Å²) in [5.41, 5.74) is -0.242. The second kappa shape index (κ2) is 9.61. The number of aliphatic hydroxyl groups is 1. The summed E-state index contributed by atoms with van der Waals surface area (Å²) in [6, 6.07) is 5.59. The number of aliphatic hydroxyl groups excluding tert-OH is 1. The maximum absolute atomic E-state index is 13.0. The number of benzene rings is 1. The first kappa shape index (κ1) is 22.0. The summed E-state index contributed by atoms with van der Waals surface area (Å²) < 4.78 is 38.9. The van der Waals surface area contributed by atoms with E-state index in [1.165, 1.54) is 12.1 Å². The number of aliphatic imine (C=N–C) groups is 1. The van der Waals surface area contributed by atoms with Crippen LogP contribution in [0.1, 0.15) is 37.3 Å². The molecular weight excluding hydrogens is 446 g/mol. The predicted molar refractivity (Wildman–Crippen MR) is 103 cm³/mol. The summed E-state index contributed by atoms with van der Waals surface area (Å²) in [6.45, 7) is 3.40. The van der Waals surface area contributed by atoms with Crippen LogP contribution in [0.2, 0.25) is 0 Å². The molecule has 0 radical (unpaired) electrons. The molecule has 0 atom stereocenters. The van der Waals surface area contributed by atoms with E-state index in [0.717, 1.165) is 25.3 Å². The van der Waals surface area contributed by atoms with Gasteiger partial charge < -0.3 is 15.7 Å². The lowest BCUT2D eigenvalue weighted by Gasteiger charge is -2.41. The van der Waals surface area contributed by atoms with E-state index in [-0.39, 0.29) is 36.0 Å². The largest absolute Gasteiger partial charge is 0.416 e. The van der Waals surface area contributed by atoms with E-state index in [1.54, 1.807) is 6.07 Å². The van der Waals surface area contributed by atoms with Gasteiger partial charge in [0.25, 0.3) is 0 Å². The van der Waals surface area contributed by atoms with E-state index >= 15 is 0 Å². The Bertz CT molecular complexity index is 575. The quantitative estimate of drug-likeness (QED) is 0.339. The Hall–Kier alpha value is -1.03. The smallest absolute Gasteiger partial charge is 0.395 e. The van der Waals surface area contributed by atoms with Gasteiger partial charge in [-0.25, -0.2) is 0 Å². The topological polar surface area (TPSA) is 56.7 Å². The van der Waals surface area contributed by atoms with Crippen LogP contribution in [0.25, 0.3) is 0 Å². The van der Waals surface area contributed by atoms with Crippen molar-refractivity contribution in [2.75, 3.05) is 26.2 Å². The molecule has 3 N–H and O–H groups in total. The Morgan fingerprint density at radius 3 is 2.52 bits per heavy atom. The normalized spacial score (nSPS) is 16.6. The van der Waals surface area contributed by atoms with Crippen LogP contribution in [0.3, 0.4) is 0 Å². The third-order valence-corrected chi connectivity index (χ3v) is 4.40. The highest BCUT2D eigenvalue weighted by Gasteiger charge is 2.40. The second-order valence-corrected chi connectivity index (χ2v) is 6.06. The fourth-order valence-corrected chi connectivity index (χ4v) is 2.91. The van der Waals surface area contributed by atoms with Gasteiger partial charge in [-0.15, -0.1) is 24.0 Å². The average molecular weight is 471 g/mol.